The molecule has 1 amide bonds. The molecule has 16 heavy (non-hydrogen) atoms. The van der Waals surface area contributed by atoms with Crippen LogP contribution in [-0.4, -0.2) is 11.9 Å². The highest BCUT2D eigenvalue weighted by molar-refractivity contribution is 5.80. The van der Waals surface area contributed by atoms with Crippen molar-refractivity contribution in [3.63, 3.8) is 0 Å². The van der Waals surface area contributed by atoms with Gasteiger partial charge in [-0.1, -0.05) is 0 Å². The second-order valence-corrected chi connectivity index (χ2v) is 3.97. The van der Waals surface area contributed by atoms with Crippen LogP contribution in [0.2, 0.25) is 0 Å². The minimum atomic E-state index is -1.48. The van der Waals surface area contributed by atoms with Crippen molar-refractivity contribution in [2.75, 3.05) is 0 Å². The quantitative estimate of drug-likeness (QED) is 0.734. The maximum Gasteiger partial charge on any atom is 0.220 e. The van der Waals surface area contributed by atoms with Crippen LogP contribution >= 0.6 is 0 Å². The van der Waals surface area contributed by atoms with Gasteiger partial charge in [0.2, 0.25) is 5.91 Å². The molecule has 0 aliphatic carbocycles. The normalized spacial score (nSPS) is 24.6. The first-order valence-corrected chi connectivity index (χ1v) is 4.93. The number of benzene rings is 1. The SMILES string of the molecule is CC1NC(=O)CC1c1cc(F)c(F)c(F)c1. The lowest BCUT2D eigenvalue weighted by molar-refractivity contribution is -0.119. The van der Waals surface area contributed by atoms with Crippen LogP contribution in [0.5, 0.6) is 0 Å². The van der Waals surface area contributed by atoms with Gasteiger partial charge in [-0.3, -0.25) is 4.79 Å². The van der Waals surface area contributed by atoms with Crippen LogP contribution < -0.4 is 5.32 Å². The van der Waals surface area contributed by atoms with Gasteiger partial charge in [0, 0.05) is 18.4 Å². The summed E-state index contributed by atoms with van der Waals surface area (Å²) in [6.07, 6.45) is 0.172. The summed E-state index contributed by atoms with van der Waals surface area (Å²) in [5, 5.41) is 2.64. The van der Waals surface area contributed by atoms with Gasteiger partial charge in [-0.2, -0.15) is 0 Å². The number of hydrogen-bond donors (Lipinski definition) is 1. The summed E-state index contributed by atoms with van der Waals surface area (Å²) >= 11 is 0. The van der Waals surface area contributed by atoms with Crippen molar-refractivity contribution in [2.45, 2.75) is 25.3 Å². The fraction of sp³-hybridized carbons (Fsp3) is 0.364. The highest BCUT2D eigenvalue weighted by atomic mass is 19.2. The summed E-state index contributed by atoms with van der Waals surface area (Å²) in [5.41, 5.74) is 0.308. The molecule has 0 spiro atoms. The van der Waals surface area contributed by atoms with Crippen LogP contribution in [0.4, 0.5) is 13.2 Å². The number of halogens is 3. The lowest BCUT2D eigenvalue weighted by Gasteiger charge is -2.14. The Kier molecular flexibility index (Phi) is 2.61. The molecule has 0 radical (unpaired) electrons. The predicted octanol–water partition coefficient (Wildman–Crippen LogP) is 2.10. The third kappa shape index (κ3) is 1.77. The van der Waals surface area contributed by atoms with Crippen molar-refractivity contribution < 1.29 is 18.0 Å². The molecule has 86 valence electrons. The van der Waals surface area contributed by atoms with Crippen molar-refractivity contribution in [1.29, 1.82) is 0 Å². The zero-order valence-electron chi connectivity index (χ0n) is 8.56. The lowest BCUT2D eigenvalue weighted by Crippen LogP contribution is -2.24. The Hall–Kier alpha value is -1.52. The Morgan fingerprint density at radius 3 is 2.25 bits per heavy atom. The smallest absolute Gasteiger partial charge is 0.220 e. The molecule has 1 N–H and O–H groups in total. The predicted molar refractivity (Wildman–Crippen MR) is 51.3 cm³/mol. The first-order chi connectivity index (χ1) is 7.49. The molecule has 1 aliphatic rings. The standard InChI is InChI=1S/C11H10F3NO/c1-5-7(4-10(16)15-5)6-2-8(12)11(14)9(13)3-6/h2-3,5,7H,4H2,1H3,(H,15,16). The summed E-state index contributed by atoms with van der Waals surface area (Å²) in [4.78, 5) is 11.1. The average molecular weight is 229 g/mol. The summed E-state index contributed by atoms with van der Waals surface area (Å²) in [7, 11) is 0. The van der Waals surface area contributed by atoms with Gasteiger partial charge in [-0.15, -0.1) is 0 Å². The molecule has 0 saturated carbocycles. The number of nitrogens with one attached hydrogen (secondary N) is 1. The van der Waals surface area contributed by atoms with E-state index < -0.39 is 17.5 Å². The van der Waals surface area contributed by atoms with Crippen molar-refractivity contribution in [2.24, 2.45) is 0 Å². The van der Waals surface area contributed by atoms with E-state index in [9.17, 15) is 18.0 Å². The molecular weight excluding hydrogens is 219 g/mol. The van der Waals surface area contributed by atoms with E-state index in [4.69, 9.17) is 0 Å². The van der Waals surface area contributed by atoms with Gasteiger partial charge in [0.15, 0.2) is 17.5 Å². The fourth-order valence-electron chi connectivity index (χ4n) is 1.99. The van der Waals surface area contributed by atoms with Crippen LogP contribution in [0.25, 0.3) is 0 Å². The summed E-state index contributed by atoms with van der Waals surface area (Å²) in [6, 6.07) is 1.69. The first-order valence-electron chi connectivity index (χ1n) is 4.93. The average Bonchev–Trinajstić information content (AvgIpc) is 2.53. The van der Waals surface area contributed by atoms with Gasteiger partial charge in [-0.05, 0) is 24.6 Å². The molecule has 1 heterocycles. The zero-order chi connectivity index (χ0) is 11.9. The maximum absolute atomic E-state index is 13.0. The molecule has 0 aromatic heterocycles. The van der Waals surface area contributed by atoms with Crippen LogP contribution in [0.3, 0.4) is 0 Å². The van der Waals surface area contributed by atoms with Gasteiger partial charge < -0.3 is 5.32 Å². The third-order valence-corrected chi connectivity index (χ3v) is 2.83. The van der Waals surface area contributed by atoms with E-state index in [0.717, 1.165) is 12.1 Å². The van der Waals surface area contributed by atoms with Gasteiger partial charge in [0.25, 0.3) is 0 Å². The van der Waals surface area contributed by atoms with Crippen LogP contribution in [0, 0.1) is 17.5 Å². The molecule has 2 unspecified atom stereocenters. The number of amides is 1. The Balaban J connectivity index is 2.38. The molecule has 2 rings (SSSR count). The molecule has 1 aromatic carbocycles. The molecule has 1 saturated heterocycles. The number of carbonyl (C=O) groups excluding carboxylic acids is 1. The van der Waals surface area contributed by atoms with E-state index in [1.807, 2.05) is 0 Å². The summed E-state index contributed by atoms with van der Waals surface area (Å²) in [5.74, 6) is -4.39. The van der Waals surface area contributed by atoms with Gasteiger partial charge in [0.1, 0.15) is 0 Å². The van der Waals surface area contributed by atoms with Crippen LogP contribution in [0.1, 0.15) is 24.8 Å². The minimum absolute atomic E-state index is 0.164. The second kappa shape index (κ2) is 3.81. The van der Waals surface area contributed by atoms with E-state index in [-0.39, 0.29) is 24.3 Å². The molecule has 2 atom stereocenters. The minimum Gasteiger partial charge on any atom is -0.353 e. The highest BCUT2D eigenvalue weighted by Gasteiger charge is 2.31. The van der Waals surface area contributed by atoms with Crippen LogP contribution in [0.15, 0.2) is 12.1 Å². The Labute approximate surface area is 90.5 Å². The Morgan fingerprint density at radius 2 is 1.81 bits per heavy atom. The van der Waals surface area contributed by atoms with Gasteiger partial charge in [0.05, 0.1) is 0 Å². The van der Waals surface area contributed by atoms with E-state index in [0.29, 0.717) is 5.56 Å². The Bertz CT molecular complexity index is 424. The molecule has 1 aromatic rings. The first kappa shape index (κ1) is 11.0. The van der Waals surface area contributed by atoms with E-state index in [1.54, 1.807) is 6.92 Å². The van der Waals surface area contributed by atoms with Gasteiger partial charge in [-0.25, -0.2) is 13.2 Å². The van der Waals surface area contributed by atoms with Crippen LogP contribution in [-0.2, 0) is 4.79 Å². The molecule has 2 nitrogen and oxygen atoms in total. The maximum atomic E-state index is 13.0. The molecule has 1 aliphatic heterocycles. The topological polar surface area (TPSA) is 29.1 Å². The Morgan fingerprint density at radius 1 is 1.25 bits per heavy atom. The second-order valence-electron chi connectivity index (χ2n) is 3.97. The van der Waals surface area contributed by atoms with Crippen molar-refractivity contribution >= 4 is 5.91 Å². The number of rotatable bonds is 1. The van der Waals surface area contributed by atoms with Crippen molar-refractivity contribution in [3.05, 3.63) is 35.1 Å². The van der Waals surface area contributed by atoms with E-state index in [1.165, 1.54) is 0 Å². The molecule has 1 fully saturated rings. The molecular formula is C11H10F3NO. The number of hydrogen-bond acceptors (Lipinski definition) is 1. The summed E-state index contributed by atoms with van der Waals surface area (Å²) < 4.78 is 38.7. The fourth-order valence-corrected chi connectivity index (χ4v) is 1.99. The highest BCUT2D eigenvalue weighted by Crippen LogP contribution is 2.29. The largest absolute Gasteiger partial charge is 0.353 e. The third-order valence-electron chi connectivity index (χ3n) is 2.83. The van der Waals surface area contributed by atoms with E-state index in [2.05, 4.69) is 5.32 Å². The lowest BCUT2D eigenvalue weighted by atomic mass is 9.92. The molecule has 5 heteroatoms. The monoisotopic (exact) mass is 229 g/mol. The number of carbonyl (C=O) groups is 1. The van der Waals surface area contributed by atoms with E-state index >= 15 is 0 Å². The van der Waals surface area contributed by atoms with Crippen molar-refractivity contribution in [3.8, 4) is 0 Å². The molecule has 0 bridgehead atoms. The van der Waals surface area contributed by atoms with Crippen molar-refractivity contribution in [1.82, 2.24) is 5.32 Å². The summed E-state index contributed by atoms with van der Waals surface area (Å²) in [6.45, 7) is 1.74. The van der Waals surface area contributed by atoms with Gasteiger partial charge >= 0.3 is 0 Å². The zero-order valence-corrected chi connectivity index (χ0v) is 8.56.